The molecule has 0 radical (unpaired) electrons. The fourth-order valence-corrected chi connectivity index (χ4v) is 3.42. The number of anilines is 1. The van der Waals surface area contributed by atoms with Gasteiger partial charge in [-0.3, -0.25) is 4.31 Å². The summed E-state index contributed by atoms with van der Waals surface area (Å²) in [4.78, 5) is 0.255. The van der Waals surface area contributed by atoms with Crippen molar-refractivity contribution in [3.8, 4) is 0 Å². The van der Waals surface area contributed by atoms with Crippen LogP contribution in [0.4, 0.5) is 5.69 Å². The monoisotopic (exact) mass is 309 g/mol. The highest BCUT2D eigenvalue weighted by molar-refractivity contribution is 7.92. The summed E-state index contributed by atoms with van der Waals surface area (Å²) < 4.78 is 26.5. The third-order valence-electron chi connectivity index (χ3n) is 3.24. The first-order valence-electron chi connectivity index (χ1n) is 6.16. The molecule has 20 heavy (non-hydrogen) atoms. The lowest BCUT2D eigenvalue weighted by atomic mass is 10.1. The molecule has 0 fully saturated rings. The zero-order chi connectivity index (χ0) is 14.8. The van der Waals surface area contributed by atoms with E-state index in [1.807, 2.05) is 13.0 Å². The van der Waals surface area contributed by atoms with Gasteiger partial charge in [0.15, 0.2) is 0 Å². The summed E-state index contributed by atoms with van der Waals surface area (Å²) in [6.45, 7) is 1.91. The molecular formula is C15H16ClNO2S. The highest BCUT2D eigenvalue weighted by atomic mass is 35.5. The van der Waals surface area contributed by atoms with Crippen molar-refractivity contribution >= 4 is 27.3 Å². The van der Waals surface area contributed by atoms with Gasteiger partial charge in [-0.05, 0) is 42.3 Å². The van der Waals surface area contributed by atoms with Crippen LogP contribution in [0.15, 0.2) is 53.4 Å². The number of sulfonamides is 1. The first-order chi connectivity index (χ1) is 9.46. The van der Waals surface area contributed by atoms with E-state index in [1.54, 1.807) is 49.5 Å². The molecule has 0 saturated carbocycles. The van der Waals surface area contributed by atoms with E-state index < -0.39 is 10.0 Å². The van der Waals surface area contributed by atoms with Gasteiger partial charge in [-0.15, -0.1) is 11.6 Å². The summed E-state index contributed by atoms with van der Waals surface area (Å²) in [6.07, 6.45) is 0. The van der Waals surface area contributed by atoms with Crippen molar-refractivity contribution in [2.45, 2.75) is 17.7 Å². The number of alkyl halides is 1. The average Bonchev–Trinajstić information content (AvgIpc) is 2.47. The van der Waals surface area contributed by atoms with Crippen LogP contribution in [0.2, 0.25) is 0 Å². The highest BCUT2D eigenvalue weighted by Gasteiger charge is 2.21. The smallest absolute Gasteiger partial charge is 0.264 e. The number of hydrogen-bond acceptors (Lipinski definition) is 2. The highest BCUT2D eigenvalue weighted by Crippen LogP contribution is 2.24. The van der Waals surface area contributed by atoms with Gasteiger partial charge < -0.3 is 0 Å². The maximum atomic E-state index is 12.6. The molecule has 0 aliphatic heterocycles. The molecule has 0 aliphatic rings. The van der Waals surface area contributed by atoms with E-state index in [4.69, 9.17) is 11.6 Å². The molecule has 0 aliphatic carbocycles. The number of hydrogen-bond donors (Lipinski definition) is 0. The first kappa shape index (κ1) is 14.9. The quantitative estimate of drug-likeness (QED) is 0.810. The summed E-state index contributed by atoms with van der Waals surface area (Å²) in [7, 11) is -2.02. The second-order valence-electron chi connectivity index (χ2n) is 4.53. The molecule has 106 valence electrons. The first-order valence-corrected chi connectivity index (χ1v) is 8.13. The molecular weight excluding hydrogens is 294 g/mol. The van der Waals surface area contributed by atoms with Crippen molar-refractivity contribution in [3.05, 3.63) is 59.7 Å². The Balaban J connectivity index is 2.45. The summed E-state index contributed by atoms with van der Waals surface area (Å²) in [5, 5.41) is 0. The van der Waals surface area contributed by atoms with Gasteiger partial charge in [0, 0.05) is 12.9 Å². The van der Waals surface area contributed by atoms with Crippen molar-refractivity contribution in [3.63, 3.8) is 0 Å². The van der Waals surface area contributed by atoms with Crippen LogP contribution in [0.3, 0.4) is 0 Å². The average molecular weight is 310 g/mol. The Morgan fingerprint density at radius 2 is 1.75 bits per heavy atom. The van der Waals surface area contributed by atoms with Crippen LogP contribution in [0.25, 0.3) is 0 Å². The molecule has 0 bridgehead atoms. The summed E-state index contributed by atoms with van der Waals surface area (Å²) in [6, 6.07) is 14.0. The zero-order valence-corrected chi connectivity index (χ0v) is 12.9. The zero-order valence-electron chi connectivity index (χ0n) is 11.4. The van der Waals surface area contributed by atoms with Gasteiger partial charge >= 0.3 is 0 Å². The Morgan fingerprint density at radius 1 is 1.10 bits per heavy atom. The van der Waals surface area contributed by atoms with Crippen LogP contribution in [0.1, 0.15) is 11.1 Å². The van der Waals surface area contributed by atoms with Crippen molar-refractivity contribution < 1.29 is 8.42 Å². The van der Waals surface area contributed by atoms with E-state index >= 15 is 0 Å². The minimum absolute atomic E-state index is 0.255. The van der Waals surface area contributed by atoms with Gasteiger partial charge in [-0.2, -0.15) is 0 Å². The molecule has 0 saturated heterocycles. The molecule has 2 rings (SSSR count). The lowest BCUT2D eigenvalue weighted by Gasteiger charge is -2.20. The number of para-hydroxylation sites is 1. The van der Waals surface area contributed by atoms with Crippen molar-refractivity contribution in [1.82, 2.24) is 0 Å². The van der Waals surface area contributed by atoms with Crippen LogP contribution in [0.5, 0.6) is 0 Å². The summed E-state index contributed by atoms with van der Waals surface area (Å²) >= 11 is 5.84. The van der Waals surface area contributed by atoms with E-state index in [-0.39, 0.29) is 4.90 Å². The van der Waals surface area contributed by atoms with E-state index in [2.05, 4.69) is 0 Å². The normalized spacial score (nSPS) is 11.3. The lowest BCUT2D eigenvalue weighted by molar-refractivity contribution is 0.594. The van der Waals surface area contributed by atoms with Crippen molar-refractivity contribution in [2.24, 2.45) is 0 Å². The Kier molecular flexibility index (Phi) is 4.35. The van der Waals surface area contributed by atoms with Crippen LogP contribution in [-0.4, -0.2) is 15.5 Å². The fourth-order valence-electron chi connectivity index (χ4n) is 1.89. The standard InChI is InChI=1S/C15H16ClNO2S/c1-12-8-9-15(10-13(12)11-16)20(18,19)17(2)14-6-4-3-5-7-14/h3-10H,11H2,1-2H3. The van der Waals surface area contributed by atoms with Gasteiger partial charge in [-0.1, -0.05) is 24.3 Å². The lowest BCUT2D eigenvalue weighted by Crippen LogP contribution is -2.26. The van der Waals surface area contributed by atoms with Gasteiger partial charge in [0.25, 0.3) is 10.0 Å². The van der Waals surface area contributed by atoms with Crippen LogP contribution in [0, 0.1) is 6.92 Å². The maximum Gasteiger partial charge on any atom is 0.264 e. The molecule has 2 aromatic rings. The van der Waals surface area contributed by atoms with Gasteiger partial charge in [0.05, 0.1) is 10.6 Å². The number of halogens is 1. The minimum Gasteiger partial charge on any atom is -0.269 e. The number of benzene rings is 2. The van der Waals surface area contributed by atoms with E-state index in [0.29, 0.717) is 11.6 Å². The van der Waals surface area contributed by atoms with Crippen molar-refractivity contribution in [1.29, 1.82) is 0 Å². The molecule has 3 nitrogen and oxygen atoms in total. The third-order valence-corrected chi connectivity index (χ3v) is 5.31. The van der Waals surface area contributed by atoms with Crippen molar-refractivity contribution in [2.75, 3.05) is 11.4 Å². The van der Waals surface area contributed by atoms with E-state index in [9.17, 15) is 8.42 Å². The Hall–Kier alpha value is -1.52. The fraction of sp³-hybridized carbons (Fsp3) is 0.200. The predicted octanol–water partition coefficient (Wildman–Crippen LogP) is 3.56. The molecule has 0 N–H and O–H groups in total. The molecule has 0 heterocycles. The topological polar surface area (TPSA) is 37.4 Å². The van der Waals surface area contributed by atoms with E-state index in [1.165, 1.54) is 4.31 Å². The number of rotatable bonds is 4. The van der Waals surface area contributed by atoms with E-state index in [0.717, 1.165) is 11.1 Å². The molecule has 5 heteroatoms. The Labute approximate surface area is 124 Å². The number of nitrogens with zero attached hydrogens (tertiary/aromatic N) is 1. The SMILES string of the molecule is Cc1ccc(S(=O)(=O)N(C)c2ccccc2)cc1CCl. The van der Waals surface area contributed by atoms with Crippen LogP contribution in [-0.2, 0) is 15.9 Å². The molecule has 0 aromatic heterocycles. The molecule has 0 atom stereocenters. The number of aryl methyl sites for hydroxylation is 1. The molecule has 0 spiro atoms. The predicted molar refractivity (Wildman–Crippen MR) is 82.8 cm³/mol. The maximum absolute atomic E-state index is 12.6. The second kappa shape index (κ2) is 5.85. The largest absolute Gasteiger partial charge is 0.269 e. The van der Waals surface area contributed by atoms with Crippen LogP contribution >= 0.6 is 11.6 Å². The molecule has 0 amide bonds. The Bertz CT molecular complexity index is 699. The second-order valence-corrected chi connectivity index (χ2v) is 6.77. The van der Waals surface area contributed by atoms with Gasteiger partial charge in [0.2, 0.25) is 0 Å². The minimum atomic E-state index is -3.57. The molecule has 0 unspecified atom stereocenters. The van der Waals surface area contributed by atoms with Gasteiger partial charge in [-0.25, -0.2) is 8.42 Å². The summed E-state index contributed by atoms with van der Waals surface area (Å²) in [5.41, 5.74) is 2.44. The third kappa shape index (κ3) is 2.81. The molecule has 2 aromatic carbocycles. The summed E-state index contributed by atoms with van der Waals surface area (Å²) in [5.74, 6) is 0.296. The van der Waals surface area contributed by atoms with Gasteiger partial charge in [0.1, 0.15) is 0 Å². The van der Waals surface area contributed by atoms with Crippen LogP contribution < -0.4 is 4.31 Å². The Morgan fingerprint density at radius 3 is 2.35 bits per heavy atom.